The average Bonchev–Trinajstić information content (AvgIpc) is 2.59. The van der Waals surface area contributed by atoms with Crippen molar-refractivity contribution in [2.75, 3.05) is 30.2 Å². The van der Waals surface area contributed by atoms with Crippen LogP contribution in [0.3, 0.4) is 0 Å². The number of rotatable bonds is 3. The summed E-state index contributed by atoms with van der Waals surface area (Å²) in [6, 6.07) is 6.74. The molecule has 1 aromatic carbocycles. The third kappa shape index (κ3) is 3.55. The molecular formula is C16H21N3O5S. The number of carbonyl (C=O) groups excluding carboxylic acids is 2. The highest BCUT2D eigenvalue weighted by atomic mass is 32.2. The summed E-state index contributed by atoms with van der Waals surface area (Å²) in [5.74, 6) is -0.474. The maximum atomic E-state index is 12.8. The first-order valence-corrected chi connectivity index (χ1v) is 9.93. The van der Waals surface area contributed by atoms with Crippen LogP contribution in [0.2, 0.25) is 0 Å². The lowest BCUT2D eigenvalue weighted by Crippen LogP contribution is -2.53. The number of ether oxygens (including phenoxy) is 1. The van der Waals surface area contributed by atoms with Gasteiger partial charge in [0.1, 0.15) is 5.75 Å². The predicted octanol–water partition coefficient (Wildman–Crippen LogP) is -0.0625. The van der Waals surface area contributed by atoms with Crippen LogP contribution in [0.25, 0.3) is 0 Å². The molecule has 3 rings (SSSR count). The third-order valence-electron chi connectivity index (χ3n) is 4.62. The van der Waals surface area contributed by atoms with E-state index in [1.165, 1.54) is 4.31 Å². The van der Waals surface area contributed by atoms with Gasteiger partial charge in [0.05, 0.1) is 18.5 Å². The molecule has 136 valence electrons. The van der Waals surface area contributed by atoms with Crippen molar-refractivity contribution < 1.29 is 22.7 Å². The largest absolute Gasteiger partial charge is 0.476 e. The molecule has 25 heavy (non-hydrogen) atoms. The zero-order valence-electron chi connectivity index (χ0n) is 13.9. The van der Waals surface area contributed by atoms with E-state index in [-0.39, 0.29) is 24.3 Å². The molecule has 8 nitrogen and oxygen atoms in total. The topological polar surface area (TPSA) is 110 Å². The van der Waals surface area contributed by atoms with Gasteiger partial charge in [-0.05, 0) is 25.0 Å². The number of primary amides is 1. The molecule has 0 unspecified atom stereocenters. The van der Waals surface area contributed by atoms with Gasteiger partial charge >= 0.3 is 0 Å². The number of anilines is 1. The molecule has 1 fully saturated rings. The fraction of sp³-hybridized carbons (Fsp3) is 0.500. The highest BCUT2D eigenvalue weighted by Crippen LogP contribution is 2.35. The molecule has 0 radical (unpaired) electrons. The molecule has 0 aromatic heterocycles. The molecule has 1 aromatic rings. The summed E-state index contributed by atoms with van der Waals surface area (Å²) >= 11 is 0. The Labute approximate surface area is 146 Å². The number of carbonyl (C=O) groups is 2. The van der Waals surface area contributed by atoms with Crippen molar-refractivity contribution in [1.29, 1.82) is 0 Å². The van der Waals surface area contributed by atoms with E-state index in [0.29, 0.717) is 37.4 Å². The Kier molecular flexibility index (Phi) is 4.59. The minimum Gasteiger partial charge on any atom is -0.476 e. The smallest absolute Gasteiger partial charge is 0.265 e. The van der Waals surface area contributed by atoms with Gasteiger partial charge in [-0.3, -0.25) is 13.9 Å². The van der Waals surface area contributed by atoms with Crippen molar-refractivity contribution in [2.45, 2.75) is 18.9 Å². The van der Waals surface area contributed by atoms with E-state index in [9.17, 15) is 18.0 Å². The standard InChI is InChI=1S/C16H21N3O5S/c1-25(22,23)19-10-14(24-13-5-3-2-4-12(13)19)16(21)18-8-6-11(7-9-18)15(17)20/h2-5,11,14H,6-10H2,1H3,(H2,17,20)/t14-/m1/s1. The summed E-state index contributed by atoms with van der Waals surface area (Å²) in [6.07, 6.45) is 1.23. The second-order valence-corrected chi connectivity index (χ2v) is 8.28. The maximum Gasteiger partial charge on any atom is 0.265 e. The summed E-state index contributed by atoms with van der Waals surface area (Å²) < 4.78 is 31.2. The fourth-order valence-corrected chi connectivity index (χ4v) is 4.15. The average molecular weight is 367 g/mol. The SMILES string of the molecule is CS(=O)(=O)N1C[C@H](C(=O)N2CCC(C(N)=O)CC2)Oc2ccccc21. The molecule has 9 heteroatoms. The van der Waals surface area contributed by atoms with Gasteiger partial charge in [-0.15, -0.1) is 0 Å². The van der Waals surface area contributed by atoms with Gasteiger partial charge < -0.3 is 15.4 Å². The molecule has 2 amide bonds. The Balaban J connectivity index is 1.78. The normalized spacial score (nSPS) is 21.4. The molecule has 0 saturated carbocycles. The summed E-state index contributed by atoms with van der Waals surface area (Å²) in [6.45, 7) is 0.754. The first kappa shape index (κ1) is 17.5. The number of amides is 2. The molecule has 0 aliphatic carbocycles. The molecular weight excluding hydrogens is 346 g/mol. The summed E-state index contributed by atoms with van der Waals surface area (Å²) in [5.41, 5.74) is 5.74. The van der Waals surface area contributed by atoms with E-state index < -0.39 is 16.1 Å². The Morgan fingerprint density at radius 1 is 1.20 bits per heavy atom. The van der Waals surface area contributed by atoms with E-state index in [2.05, 4.69) is 0 Å². The number of para-hydroxylation sites is 2. The van der Waals surface area contributed by atoms with Gasteiger partial charge in [0.15, 0.2) is 6.10 Å². The van der Waals surface area contributed by atoms with E-state index in [1.807, 2.05) is 0 Å². The molecule has 2 heterocycles. The molecule has 2 aliphatic heterocycles. The van der Waals surface area contributed by atoms with Crippen molar-refractivity contribution in [3.8, 4) is 5.75 Å². The number of nitrogens with zero attached hydrogens (tertiary/aromatic N) is 2. The lowest BCUT2D eigenvalue weighted by molar-refractivity contribution is -0.141. The number of likely N-dealkylation sites (tertiary alicyclic amines) is 1. The van der Waals surface area contributed by atoms with Crippen LogP contribution in [0.15, 0.2) is 24.3 Å². The van der Waals surface area contributed by atoms with Crippen LogP contribution in [-0.2, 0) is 19.6 Å². The minimum absolute atomic E-state index is 0.0651. The monoisotopic (exact) mass is 367 g/mol. The lowest BCUT2D eigenvalue weighted by atomic mass is 9.96. The van der Waals surface area contributed by atoms with Gasteiger partial charge in [-0.1, -0.05) is 12.1 Å². The first-order chi connectivity index (χ1) is 11.8. The summed E-state index contributed by atoms with van der Waals surface area (Å²) in [4.78, 5) is 25.6. The first-order valence-electron chi connectivity index (χ1n) is 8.09. The Morgan fingerprint density at radius 3 is 2.44 bits per heavy atom. The van der Waals surface area contributed by atoms with Crippen molar-refractivity contribution in [3.05, 3.63) is 24.3 Å². The van der Waals surface area contributed by atoms with Crippen molar-refractivity contribution >= 4 is 27.5 Å². The summed E-state index contributed by atoms with van der Waals surface area (Å²) in [5, 5.41) is 0. The van der Waals surface area contributed by atoms with E-state index in [4.69, 9.17) is 10.5 Å². The molecule has 1 saturated heterocycles. The zero-order chi connectivity index (χ0) is 18.2. The molecule has 1 atom stereocenters. The number of hydrogen-bond donors (Lipinski definition) is 1. The second-order valence-electron chi connectivity index (χ2n) is 6.37. The fourth-order valence-electron chi connectivity index (χ4n) is 3.23. The maximum absolute atomic E-state index is 12.8. The van der Waals surface area contributed by atoms with Gasteiger partial charge in [-0.2, -0.15) is 0 Å². The Morgan fingerprint density at radius 2 is 1.84 bits per heavy atom. The minimum atomic E-state index is -3.54. The predicted molar refractivity (Wildman–Crippen MR) is 91.5 cm³/mol. The zero-order valence-corrected chi connectivity index (χ0v) is 14.7. The summed E-state index contributed by atoms with van der Waals surface area (Å²) in [7, 11) is -3.54. The van der Waals surface area contributed by atoms with Crippen LogP contribution in [-0.4, -0.2) is 57.1 Å². The van der Waals surface area contributed by atoms with Crippen LogP contribution in [0.4, 0.5) is 5.69 Å². The van der Waals surface area contributed by atoms with Crippen molar-refractivity contribution in [1.82, 2.24) is 4.90 Å². The van der Waals surface area contributed by atoms with Gasteiger partial charge in [0.25, 0.3) is 5.91 Å². The van der Waals surface area contributed by atoms with Crippen molar-refractivity contribution in [2.24, 2.45) is 11.7 Å². The Bertz CT molecular complexity index is 787. The second kappa shape index (κ2) is 6.55. The van der Waals surface area contributed by atoms with Crippen LogP contribution >= 0.6 is 0 Å². The number of sulfonamides is 1. The Hall–Kier alpha value is -2.29. The molecule has 0 spiro atoms. The lowest BCUT2D eigenvalue weighted by Gasteiger charge is -2.38. The molecule has 2 aliphatic rings. The van der Waals surface area contributed by atoms with Gasteiger partial charge in [-0.25, -0.2) is 8.42 Å². The molecule has 2 N–H and O–H groups in total. The molecule has 0 bridgehead atoms. The number of hydrogen-bond acceptors (Lipinski definition) is 5. The number of benzene rings is 1. The van der Waals surface area contributed by atoms with Gasteiger partial charge in [0, 0.05) is 19.0 Å². The van der Waals surface area contributed by atoms with E-state index in [0.717, 1.165) is 6.26 Å². The van der Waals surface area contributed by atoms with E-state index in [1.54, 1.807) is 29.2 Å². The van der Waals surface area contributed by atoms with Crippen LogP contribution < -0.4 is 14.8 Å². The van der Waals surface area contributed by atoms with Crippen molar-refractivity contribution in [3.63, 3.8) is 0 Å². The highest BCUT2D eigenvalue weighted by Gasteiger charge is 2.38. The number of piperidine rings is 1. The van der Waals surface area contributed by atoms with Crippen LogP contribution in [0.1, 0.15) is 12.8 Å². The van der Waals surface area contributed by atoms with E-state index >= 15 is 0 Å². The number of nitrogens with two attached hydrogens (primary N) is 1. The quantitative estimate of drug-likeness (QED) is 0.805. The van der Waals surface area contributed by atoms with Gasteiger partial charge in [0.2, 0.25) is 15.9 Å². The van der Waals surface area contributed by atoms with Crippen LogP contribution in [0, 0.1) is 5.92 Å². The highest BCUT2D eigenvalue weighted by molar-refractivity contribution is 7.92. The van der Waals surface area contributed by atoms with Crippen LogP contribution in [0.5, 0.6) is 5.75 Å². The third-order valence-corrected chi connectivity index (χ3v) is 5.77. The number of fused-ring (bicyclic) bond motifs is 1.